The van der Waals surface area contributed by atoms with Gasteiger partial charge in [-0.1, -0.05) is 0 Å². The van der Waals surface area contributed by atoms with Gasteiger partial charge in [-0.3, -0.25) is 9.78 Å². The van der Waals surface area contributed by atoms with E-state index in [-0.39, 0.29) is 11.7 Å². The number of nitrogens with one attached hydrogen (secondary N) is 1. The van der Waals surface area contributed by atoms with E-state index < -0.39 is 0 Å². The van der Waals surface area contributed by atoms with Gasteiger partial charge >= 0.3 is 0 Å². The molecule has 3 N–H and O–H groups in total. The third-order valence-electron chi connectivity index (χ3n) is 4.00. The molecule has 3 aromatic heterocycles. The zero-order valence-corrected chi connectivity index (χ0v) is 15.1. The number of aromatic nitrogens is 5. The molecule has 0 bridgehead atoms. The Balaban J connectivity index is 1.95. The summed E-state index contributed by atoms with van der Waals surface area (Å²) in [5.74, 6) is 0.461. The second-order valence-electron chi connectivity index (χ2n) is 6.15. The highest BCUT2D eigenvalue weighted by Crippen LogP contribution is 2.27. The average Bonchev–Trinajstić information content (AvgIpc) is 3.20. The summed E-state index contributed by atoms with van der Waals surface area (Å²) in [5, 5.41) is 10.4. The number of nitrogens with zero attached hydrogens (tertiary/aromatic N) is 6. The highest BCUT2D eigenvalue weighted by molar-refractivity contribution is 6.05. The summed E-state index contributed by atoms with van der Waals surface area (Å²) in [6.07, 6.45) is 4.02. The van der Waals surface area contributed by atoms with E-state index in [1.807, 2.05) is 25.6 Å². The van der Waals surface area contributed by atoms with Crippen molar-refractivity contribution in [3.63, 3.8) is 0 Å². The van der Waals surface area contributed by atoms with Gasteiger partial charge in [0.1, 0.15) is 5.52 Å². The standard InChI is InChI=1S/C16H22N8O2/c1-4-24-13-10(16(25)19-6-5-7-23(2)3)8-18-9-11(13)20-15(24)12-14(17)22-26-21-12/h8-9H,4-7H2,1-3H3,(H2,17,22)(H,19,25). The van der Waals surface area contributed by atoms with Crippen LogP contribution in [0.5, 0.6) is 0 Å². The first-order valence-electron chi connectivity index (χ1n) is 8.38. The third kappa shape index (κ3) is 3.36. The Labute approximate surface area is 150 Å². The summed E-state index contributed by atoms with van der Waals surface area (Å²) in [5.41, 5.74) is 7.88. The summed E-state index contributed by atoms with van der Waals surface area (Å²) >= 11 is 0. The Bertz CT molecular complexity index is 914. The monoisotopic (exact) mass is 358 g/mol. The maximum absolute atomic E-state index is 12.7. The van der Waals surface area contributed by atoms with Crippen LogP contribution in [-0.2, 0) is 6.54 Å². The largest absolute Gasteiger partial charge is 0.379 e. The summed E-state index contributed by atoms with van der Waals surface area (Å²) in [4.78, 5) is 23.4. The molecular weight excluding hydrogens is 336 g/mol. The minimum atomic E-state index is -0.186. The molecule has 3 heterocycles. The molecule has 0 aromatic carbocycles. The molecule has 0 saturated heterocycles. The van der Waals surface area contributed by atoms with Gasteiger partial charge in [-0.2, -0.15) is 0 Å². The molecule has 0 aliphatic heterocycles. The van der Waals surface area contributed by atoms with Gasteiger partial charge in [-0.05, 0) is 44.3 Å². The van der Waals surface area contributed by atoms with Crippen LogP contribution < -0.4 is 11.1 Å². The van der Waals surface area contributed by atoms with Gasteiger partial charge in [-0.25, -0.2) is 9.61 Å². The van der Waals surface area contributed by atoms with Crippen molar-refractivity contribution in [2.24, 2.45) is 0 Å². The van der Waals surface area contributed by atoms with Crippen LogP contribution in [0.2, 0.25) is 0 Å². The van der Waals surface area contributed by atoms with Crippen LogP contribution in [0.3, 0.4) is 0 Å². The smallest absolute Gasteiger partial charge is 0.255 e. The second-order valence-corrected chi connectivity index (χ2v) is 6.15. The first-order valence-corrected chi connectivity index (χ1v) is 8.38. The van der Waals surface area contributed by atoms with Crippen molar-refractivity contribution in [1.82, 2.24) is 35.1 Å². The van der Waals surface area contributed by atoms with E-state index in [0.717, 1.165) is 13.0 Å². The Kier molecular flexibility index (Phi) is 5.12. The predicted molar refractivity (Wildman–Crippen MR) is 96.4 cm³/mol. The lowest BCUT2D eigenvalue weighted by Crippen LogP contribution is -2.27. The molecule has 10 nitrogen and oxygen atoms in total. The number of nitrogens with two attached hydrogens (primary N) is 1. The minimum absolute atomic E-state index is 0.151. The molecule has 1 amide bonds. The lowest BCUT2D eigenvalue weighted by molar-refractivity contribution is 0.0953. The number of hydrogen-bond donors (Lipinski definition) is 2. The Morgan fingerprint density at radius 1 is 1.35 bits per heavy atom. The molecule has 10 heteroatoms. The number of anilines is 1. The number of aryl methyl sites for hydroxylation is 1. The van der Waals surface area contributed by atoms with E-state index in [9.17, 15) is 4.79 Å². The van der Waals surface area contributed by atoms with Crippen molar-refractivity contribution < 1.29 is 9.42 Å². The Hall–Kier alpha value is -3.01. The number of rotatable bonds is 7. The molecule has 0 radical (unpaired) electrons. The van der Waals surface area contributed by atoms with Crippen LogP contribution >= 0.6 is 0 Å². The van der Waals surface area contributed by atoms with Crippen molar-refractivity contribution in [2.45, 2.75) is 19.9 Å². The fourth-order valence-corrected chi connectivity index (χ4v) is 2.79. The van der Waals surface area contributed by atoms with Gasteiger partial charge in [-0.15, -0.1) is 0 Å². The van der Waals surface area contributed by atoms with Gasteiger partial charge in [0.05, 0.1) is 17.3 Å². The van der Waals surface area contributed by atoms with E-state index in [1.54, 1.807) is 12.4 Å². The summed E-state index contributed by atoms with van der Waals surface area (Å²) in [6.45, 7) is 4.01. The number of fused-ring (bicyclic) bond motifs is 1. The molecule has 3 aromatic rings. The summed E-state index contributed by atoms with van der Waals surface area (Å²) in [7, 11) is 4.00. The predicted octanol–water partition coefficient (Wildman–Crippen LogP) is 0.765. The number of pyridine rings is 1. The molecule has 0 saturated carbocycles. The van der Waals surface area contributed by atoms with Crippen molar-refractivity contribution >= 4 is 22.8 Å². The third-order valence-corrected chi connectivity index (χ3v) is 4.00. The first-order chi connectivity index (χ1) is 12.5. The molecule has 0 unspecified atom stereocenters. The molecule has 138 valence electrons. The highest BCUT2D eigenvalue weighted by Gasteiger charge is 2.22. The number of amides is 1. The van der Waals surface area contributed by atoms with E-state index in [2.05, 4.69) is 35.1 Å². The number of carbonyl (C=O) groups is 1. The zero-order valence-electron chi connectivity index (χ0n) is 15.1. The van der Waals surface area contributed by atoms with Crippen LogP contribution in [0, 0.1) is 0 Å². The maximum Gasteiger partial charge on any atom is 0.255 e. The van der Waals surface area contributed by atoms with Gasteiger partial charge in [0, 0.05) is 19.3 Å². The van der Waals surface area contributed by atoms with E-state index in [1.165, 1.54) is 0 Å². The summed E-state index contributed by atoms with van der Waals surface area (Å²) in [6, 6.07) is 0. The Morgan fingerprint density at radius 3 is 2.81 bits per heavy atom. The van der Waals surface area contributed by atoms with Crippen LogP contribution in [-0.4, -0.2) is 62.8 Å². The lowest BCUT2D eigenvalue weighted by atomic mass is 10.2. The van der Waals surface area contributed by atoms with Gasteiger partial charge in [0.25, 0.3) is 5.91 Å². The highest BCUT2D eigenvalue weighted by atomic mass is 16.6. The number of hydrogen-bond acceptors (Lipinski definition) is 8. The molecule has 3 rings (SSSR count). The SMILES string of the molecule is CCn1c(-c2nonc2N)nc2cncc(C(=O)NCCCN(C)C)c21. The fourth-order valence-electron chi connectivity index (χ4n) is 2.79. The molecule has 26 heavy (non-hydrogen) atoms. The fraction of sp³-hybridized carbons (Fsp3) is 0.438. The molecular formula is C16H22N8O2. The van der Waals surface area contributed by atoms with Crippen LogP contribution in [0.1, 0.15) is 23.7 Å². The molecule has 0 fully saturated rings. The second kappa shape index (κ2) is 7.48. The van der Waals surface area contributed by atoms with Crippen molar-refractivity contribution in [1.29, 1.82) is 0 Å². The van der Waals surface area contributed by atoms with E-state index in [0.29, 0.717) is 41.2 Å². The van der Waals surface area contributed by atoms with Crippen LogP contribution in [0.25, 0.3) is 22.6 Å². The van der Waals surface area contributed by atoms with Crippen molar-refractivity contribution in [3.8, 4) is 11.5 Å². The van der Waals surface area contributed by atoms with Gasteiger partial charge in [0.2, 0.25) is 0 Å². The topological polar surface area (TPSA) is 128 Å². The average molecular weight is 358 g/mol. The van der Waals surface area contributed by atoms with Gasteiger partial charge < -0.3 is 20.5 Å². The van der Waals surface area contributed by atoms with Crippen LogP contribution in [0.15, 0.2) is 17.0 Å². The quantitative estimate of drug-likeness (QED) is 0.593. The number of imidazole rings is 1. The van der Waals surface area contributed by atoms with E-state index >= 15 is 0 Å². The maximum atomic E-state index is 12.7. The van der Waals surface area contributed by atoms with Crippen molar-refractivity contribution in [3.05, 3.63) is 18.0 Å². The lowest BCUT2D eigenvalue weighted by Gasteiger charge is -2.11. The molecule has 0 aliphatic rings. The number of nitrogen functional groups attached to an aromatic ring is 1. The van der Waals surface area contributed by atoms with Crippen LogP contribution in [0.4, 0.5) is 5.82 Å². The van der Waals surface area contributed by atoms with E-state index in [4.69, 9.17) is 5.73 Å². The normalized spacial score (nSPS) is 11.4. The van der Waals surface area contributed by atoms with Crippen molar-refractivity contribution in [2.75, 3.05) is 32.9 Å². The molecule has 0 aliphatic carbocycles. The number of carbonyl (C=O) groups excluding carboxylic acids is 1. The first kappa shape index (κ1) is 17.8. The Morgan fingerprint density at radius 2 is 2.15 bits per heavy atom. The molecule has 0 atom stereocenters. The molecule has 0 spiro atoms. The van der Waals surface area contributed by atoms with Gasteiger partial charge in [0.15, 0.2) is 17.3 Å². The zero-order chi connectivity index (χ0) is 18.7. The summed E-state index contributed by atoms with van der Waals surface area (Å²) < 4.78 is 6.54. The minimum Gasteiger partial charge on any atom is -0.379 e.